The molecule has 3 aromatic carbocycles. The van der Waals surface area contributed by atoms with E-state index in [0.717, 1.165) is 27.8 Å². The van der Waals surface area contributed by atoms with Gasteiger partial charge in [-0.05, 0) is 66.8 Å². The third kappa shape index (κ3) is 6.49. The van der Waals surface area contributed by atoms with Gasteiger partial charge in [-0.2, -0.15) is 0 Å². The number of amides is 1. The number of nitrogens with one attached hydrogen (secondary N) is 1. The molecule has 42 heavy (non-hydrogen) atoms. The van der Waals surface area contributed by atoms with Crippen molar-refractivity contribution in [1.82, 2.24) is 10.3 Å². The number of rotatable bonds is 8. The second kappa shape index (κ2) is 11.9. The number of hydrogen-bond acceptors (Lipinski definition) is 6. The molecule has 0 spiro atoms. The second-order valence-corrected chi connectivity index (χ2v) is 11.2. The molecule has 4 aromatic rings. The van der Waals surface area contributed by atoms with Crippen LogP contribution in [0.2, 0.25) is 0 Å². The van der Waals surface area contributed by atoms with Crippen LogP contribution < -0.4 is 5.32 Å². The molecule has 0 fully saturated rings. The van der Waals surface area contributed by atoms with E-state index in [9.17, 15) is 19.5 Å². The highest BCUT2D eigenvalue weighted by molar-refractivity contribution is 5.90. The van der Waals surface area contributed by atoms with Crippen molar-refractivity contribution in [2.24, 2.45) is 0 Å². The molecule has 0 bridgehead atoms. The number of fused-ring (bicyclic) bond motifs is 3. The Bertz CT molecular complexity index is 1560. The van der Waals surface area contributed by atoms with Crippen LogP contribution in [0.1, 0.15) is 53.7 Å². The highest BCUT2D eigenvalue weighted by atomic mass is 16.6. The van der Waals surface area contributed by atoms with Crippen LogP contribution in [0.4, 0.5) is 4.79 Å². The van der Waals surface area contributed by atoms with Crippen LogP contribution in [-0.2, 0) is 20.7 Å². The second-order valence-electron chi connectivity index (χ2n) is 11.2. The summed E-state index contributed by atoms with van der Waals surface area (Å²) in [6, 6.07) is 25.3. The molecule has 1 heterocycles. The van der Waals surface area contributed by atoms with E-state index in [0.29, 0.717) is 16.8 Å². The van der Waals surface area contributed by atoms with E-state index >= 15 is 0 Å². The Hall–Kier alpha value is -4.98. The summed E-state index contributed by atoms with van der Waals surface area (Å²) in [7, 11) is 0. The molecule has 0 saturated carbocycles. The summed E-state index contributed by atoms with van der Waals surface area (Å²) in [4.78, 5) is 41.4. The predicted octanol–water partition coefficient (Wildman–Crippen LogP) is 6.24. The summed E-state index contributed by atoms with van der Waals surface area (Å²) in [6.45, 7) is 5.53. The molecular formula is C34H32N2O6. The van der Waals surface area contributed by atoms with Gasteiger partial charge in [0.1, 0.15) is 18.2 Å². The van der Waals surface area contributed by atoms with E-state index in [-0.39, 0.29) is 18.9 Å². The standard InChI is InChI=1S/C34H32N2O6/c1-34(2,3)42-32(39)23-15-13-22(14-16-23)29-17-12-21(19-35-29)18-30(31(37)38)36-33(40)41-20-28-26-10-6-4-8-24(26)25-9-5-7-11-27(25)28/h4-17,19,28,30H,18,20H2,1-3H3,(H,36,40)(H,37,38)/t30-/m0/s1. The number of alkyl carbamates (subject to hydrolysis) is 1. The molecule has 8 nitrogen and oxygen atoms in total. The van der Waals surface area contributed by atoms with Crippen molar-refractivity contribution in [3.63, 3.8) is 0 Å². The van der Waals surface area contributed by atoms with E-state index in [1.165, 1.54) is 0 Å². The molecule has 1 aliphatic carbocycles. The maximum Gasteiger partial charge on any atom is 0.407 e. The number of benzene rings is 3. The Labute approximate surface area is 244 Å². The zero-order valence-electron chi connectivity index (χ0n) is 23.7. The lowest BCUT2D eigenvalue weighted by atomic mass is 9.98. The first kappa shape index (κ1) is 28.5. The first-order valence-electron chi connectivity index (χ1n) is 13.7. The molecule has 2 N–H and O–H groups in total. The topological polar surface area (TPSA) is 115 Å². The van der Waals surface area contributed by atoms with Gasteiger partial charge < -0.3 is 19.9 Å². The molecule has 1 amide bonds. The zero-order valence-corrected chi connectivity index (χ0v) is 23.7. The number of aromatic nitrogens is 1. The number of esters is 1. The average molecular weight is 565 g/mol. The maximum atomic E-state index is 12.7. The smallest absolute Gasteiger partial charge is 0.407 e. The van der Waals surface area contributed by atoms with Crippen molar-refractivity contribution >= 4 is 18.0 Å². The van der Waals surface area contributed by atoms with Crippen LogP contribution in [0.5, 0.6) is 0 Å². The van der Waals surface area contributed by atoms with E-state index in [1.807, 2.05) is 69.3 Å². The minimum absolute atomic E-state index is 0.0321. The fourth-order valence-corrected chi connectivity index (χ4v) is 5.05. The van der Waals surface area contributed by atoms with Gasteiger partial charge >= 0.3 is 18.0 Å². The first-order chi connectivity index (χ1) is 20.1. The van der Waals surface area contributed by atoms with Crippen LogP contribution in [0, 0.1) is 0 Å². The lowest BCUT2D eigenvalue weighted by molar-refractivity contribution is -0.139. The van der Waals surface area contributed by atoms with Crippen molar-refractivity contribution in [2.45, 2.75) is 44.8 Å². The quantitative estimate of drug-likeness (QED) is 0.244. The number of carboxylic acid groups (broad SMARTS) is 1. The van der Waals surface area contributed by atoms with Gasteiger partial charge in [-0.25, -0.2) is 14.4 Å². The number of nitrogens with zero attached hydrogens (tertiary/aromatic N) is 1. The van der Waals surface area contributed by atoms with Crippen LogP contribution >= 0.6 is 0 Å². The number of carboxylic acids is 1. The van der Waals surface area contributed by atoms with E-state index < -0.39 is 29.7 Å². The van der Waals surface area contributed by atoms with Crippen molar-refractivity contribution in [3.05, 3.63) is 113 Å². The van der Waals surface area contributed by atoms with Crippen molar-refractivity contribution in [1.29, 1.82) is 0 Å². The average Bonchev–Trinajstić information content (AvgIpc) is 3.29. The van der Waals surface area contributed by atoms with Gasteiger partial charge in [0, 0.05) is 24.1 Å². The van der Waals surface area contributed by atoms with Gasteiger partial charge in [-0.1, -0.05) is 66.7 Å². The predicted molar refractivity (Wildman–Crippen MR) is 158 cm³/mol. The molecule has 8 heteroatoms. The monoisotopic (exact) mass is 564 g/mol. The summed E-state index contributed by atoms with van der Waals surface area (Å²) in [5.41, 5.74) is 6.32. The van der Waals surface area contributed by atoms with Gasteiger partial charge in [0.05, 0.1) is 11.3 Å². The molecule has 0 radical (unpaired) electrons. The Kier molecular flexibility index (Phi) is 8.06. The number of ether oxygens (including phenoxy) is 2. The number of hydrogen-bond donors (Lipinski definition) is 2. The molecule has 0 unspecified atom stereocenters. The van der Waals surface area contributed by atoms with Gasteiger partial charge in [-0.15, -0.1) is 0 Å². The normalized spacial score (nSPS) is 13.0. The molecule has 5 rings (SSSR count). The summed E-state index contributed by atoms with van der Waals surface area (Å²) >= 11 is 0. The molecular weight excluding hydrogens is 532 g/mol. The third-order valence-electron chi connectivity index (χ3n) is 7.01. The largest absolute Gasteiger partial charge is 0.480 e. The third-order valence-corrected chi connectivity index (χ3v) is 7.01. The van der Waals surface area contributed by atoms with Crippen molar-refractivity contribution < 1.29 is 29.0 Å². The number of pyridine rings is 1. The SMILES string of the molecule is CC(C)(C)OC(=O)c1ccc(-c2ccc(C[C@H](NC(=O)OCC3c4ccccc4-c4ccccc43)C(=O)O)cn2)cc1. The minimum atomic E-state index is -1.19. The van der Waals surface area contributed by atoms with E-state index in [1.54, 1.807) is 42.6 Å². The van der Waals surface area contributed by atoms with E-state index in [4.69, 9.17) is 9.47 Å². The van der Waals surface area contributed by atoms with Gasteiger partial charge in [0.15, 0.2) is 0 Å². The number of carbonyl (C=O) groups excluding carboxylic acids is 2. The highest BCUT2D eigenvalue weighted by Gasteiger charge is 2.30. The fourth-order valence-electron chi connectivity index (χ4n) is 5.05. The van der Waals surface area contributed by atoms with Crippen molar-refractivity contribution in [2.75, 3.05) is 6.61 Å². The van der Waals surface area contributed by atoms with Crippen LogP contribution in [0.25, 0.3) is 22.4 Å². The maximum absolute atomic E-state index is 12.7. The fraction of sp³-hybridized carbons (Fsp3) is 0.235. The Morgan fingerprint density at radius 3 is 2.05 bits per heavy atom. The van der Waals surface area contributed by atoms with E-state index in [2.05, 4.69) is 10.3 Å². The van der Waals surface area contributed by atoms with Crippen LogP contribution in [0.3, 0.4) is 0 Å². The van der Waals surface area contributed by atoms with Gasteiger partial charge in [0.25, 0.3) is 0 Å². The van der Waals surface area contributed by atoms with Crippen LogP contribution in [-0.4, -0.2) is 46.4 Å². The summed E-state index contributed by atoms with van der Waals surface area (Å²) in [6.07, 6.45) is 0.815. The molecule has 1 atom stereocenters. The summed E-state index contributed by atoms with van der Waals surface area (Å²) in [5.74, 6) is -1.70. The summed E-state index contributed by atoms with van der Waals surface area (Å²) < 4.78 is 10.9. The minimum Gasteiger partial charge on any atom is -0.480 e. The summed E-state index contributed by atoms with van der Waals surface area (Å²) in [5, 5.41) is 12.3. The van der Waals surface area contributed by atoms with Crippen molar-refractivity contribution in [3.8, 4) is 22.4 Å². The molecule has 0 aliphatic heterocycles. The number of carbonyl (C=O) groups is 3. The first-order valence-corrected chi connectivity index (χ1v) is 13.7. The van der Waals surface area contributed by atoms with Gasteiger partial charge in [-0.3, -0.25) is 4.98 Å². The Morgan fingerprint density at radius 1 is 0.881 bits per heavy atom. The Morgan fingerprint density at radius 2 is 1.50 bits per heavy atom. The zero-order chi connectivity index (χ0) is 29.9. The lowest BCUT2D eigenvalue weighted by Gasteiger charge is -2.19. The van der Waals surface area contributed by atoms with Gasteiger partial charge in [0.2, 0.25) is 0 Å². The molecule has 1 aromatic heterocycles. The molecule has 1 aliphatic rings. The Balaban J connectivity index is 1.19. The number of aliphatic carboxylic acids is 1. The molecule has 0 saturated heterocycles. The van der Waals surface area contributed by atoms with Crippen LogP contribution in [0.15, 0.2) is 91.1 Å². The molecule has 214 valence electrons. The highest BCUT2D eigenvalue weighted by Crippen LogP contribution is 2.44. The lowest BCUT2D eigenvalue weighted by Crippen LogP contribution is -2.42.